The highest BCUT2D eigenvalue weighted by Gasteiger charge is 2.24. The van der Waals surface area contributed by atoms with Crippen molar-refractivity contribution in [1.82, 2.24) is 20.5 Å². The van der Waals surface area contributed by atoms with Gasteiger partial charge in [0.15, 0.2) is 0 Å². The minimum absolute atomic E-state index is 0.176. The van der Waals surface area contributed by atoms with Gasteiger partial charge in [-0.2, -0.15) is 0 Å². The van der Waals surface area contributed by atoms with Crippen LogP contribution in [-0.4, -0.2) is 61.4 Å². The number of carbonyl (C=O) groups excluding carboxylic acids is 1. The Morgan fingerprint density at radius 2 is 2.12 bits per heavy atom. The normalized spacial score (nSPS) is 16.5. The van der Waals surface area contributed by atoms with E-state index in [1.54, 1.807) is 6.20 Å². The molecule has 0 aliphatic carbocycles. The molecule has 1 unspecified atom stereocenters. The molecular formula is C18H30N4O3. The topological polar surface area (TPSA) is 75.7 Å². The number of nitrogens with zero attached hydrogens (tertiary/aromatic N) is 2. The summed E-state index contributed by atoms with van der Waals surface area (Å²) in [6.07, 6.45) is 1.68. The van der Waals surface area contributed by atoms with E-state index in [2.05, 4.69) is 34.4 Å². The molecule has 1 fully saturated rings. The van der Waals surface area contributed by atoms with Gasteiger partial charge in [-0.3, -0.25) is 4.90 Å². The molecule has 140 valence electrons. The number of hydrogen-bond acceptors (Lipinski definition) is 5. The highest BCUT2D eigenvalue weighted by Crippen LogP contribution is 2.14. The lowest BCUT2D eigenvalue weighted by molar-refractivity contribution is 0.00719. The molecule has 0 saturated carbocycles. The smallest absolute Gasteiger partial charge is 0.315 e. The summed E-state index contributed by atoms with van der Waals surface area (Å²) in [4.78, 5) is 18.8. The minimum Gasteiger partial charge on any atom is -0.478 e. The van der Waals surface area contributed by atoms with Gasteiger partial charge in [-0.25, -0.2) is 9.78 Å². The predicted molar refractivity (Wildman–Crippen MR) is 96.7 cm³/mol. The lowest BCUT2D eigenvalue weighted by atomic mass is 10.0. The van der Waals surface area contributed by atoms with Crippen LogP contribution in [0.1, 0.15) is 26.3 Å². The summed E-state index contributed by atoms with van der Waals surface area (Å²) in [6.45, 7) is 11.2. The zero-order chi connectivity index (χ0) is 18.1. The quantitative estimate of drug-likeness (QED) is 0.745. The number of ether oxygens (including phenoxy) is 2. The average Bonchev–Trinajstić information content (AvgIpc) is 2.62. The predicted octanol–water partition coefficient (Wildman–Crippen LogP) is 1.64. The molecule has 7 heteroatoms. The van der Waals surface area contributed by atoms with E-state index < -0.39 is 0 Å². The van der Waals surface area contributed by atoms with Gasteiger partial charge in [-0.05, 0) is 18.9 Å². The van der Waals surface area contributed by atoms with Gasteiger partial charge in [0, 0.05) is 44.0 Å². The number of nitrogens with one attached hydrogen (secondary N) is 2. The molecule has 0 aromatic carbocycles. The summed E-state index contributed by atoms with van der Waals surface area (Å²) in [5, 5.41) is 5.87. The first-order chi connectivity index (χ1) is 12.1. The van der Waals surface area contributed by atoms with E-state index >= 15 is 0 Å². The number of pyridine rings is 1. The van der Waals surface area contributed by atoms with Crippen molar-refractivity contribution >= 4 is 6.03 Å². The number of aromatic nitrogens is 1. The maximum atomic E-state index is 12.2. The third kappa shape index (κ3) is 6.17. The number of carbonyl (C=O) groups is 1. The largest absolute Gasteiger partial charge is 0.478 e. The van der Waals surface area contributed by atoms with Crippen molar-refractivity contribution in [2.24, 2.45) is 5.92 Å². The molecule has 0 radical (unpaired) electrons. The van der Waals surface area contributed by atoms with Gasteiger partial charge < -0.3 is 20.1 Å². The van der Waals surface area contributed by atoms with Crippen LogP contribution in [0.15, 0.2) is 18.3 Å². The summed E-state index contributed by atoms with van der Waals surface area (Å²) >= 11 is 0. The fraction of sp³-hybridized carbons (Fsp3) is 0.667. The third-order valence-corrected chi connectivity index (χ3v) is 4.33. The van der Waals surface area contributed by atoms with Crippen LogP contribution < -0.4 is 15.4 Å². The van der Waals surface area contributed by atoms with Crippen molar-refractivity contribution in [2.75, 3.05) is 39.5 Å². The minimum atomic E-state index is -0.176. The van der Waals surface area contributed by atoms with E-state index in [0.29, 0.717) is 37.5 Å². The molecule has 2 rings (SSSR count). The molecule has 0 spiro atoms. The zero-order valence-corrected chi connectivity index (χ0v) is 15.5. The van der Waals surface area contributed by atoms with Crippen molar-refractivity contribution in [3.05, 3.63) is 23.9 Å². The van der Waals surface area contributed by atoms with Crippen LogP contribution in [0.2, 0.25) is 0 Å². The molecule has 2 heterocycles. The number of urea groups is 1. The van der Waals surface area contributed by atoms with Crippen LogP contribution in [0.5, 0.6) is 5.88 Å². The Balaban J connectivity index is 1.81. The molecule has 7 nitrogen and oxygen atoms in total. The van der Waals surface area contributed by atoms with Crippen LogP contribution in [0.4, 0.5) is 4.79 Å². The summed E-state index contributed by atoms with van der Waals surface area (Å²) in [7, 11) is 0. The highest BCUT2D eigenvalue weighted by atomic mass is 16.5. The summed E-state index contributed by atoms with van der Waals surface area (Å²) in [5.74, 6) is 1.03. The lowest BCUT2D eigenvalue weighted by Gasteiger charge is -2.36. The Morgan fingerprint density at radius 3 is 2.80 bits per heavy atom. The van der Waals surface area contributed by atoms with Crippen molar-refractivity contribution in [2.45, 2.75) is 33.4 Å². The van der Waals surface area contributed by atoms with Gasteiger partial charge in [0.05, 0.1) is 19.8 Å². The first kappa shape index (κ1) is 19.5. The first-order valence-corrected chi connectivity index (χ1v) is 9.02. The van der Waals surface area contributed by atoms with Crippen molar-refractivity contribution < 1.29 is 14.3 Å². The summed E-state index contributed by atoms with van der Waals surface area (Å²) in [5.41, 5.74) is 0.869. The third-order valence-electron chi connectivity index (χ3n) is 4.33. The second kappa shape index (κ2) is 10.2. The van der Waals surface area contributed by atoms with E-state index in [9.17, 15) is 4.79 Å². The monoisotopic (exact) mass is 350 g/mol. The summed E-state index contributed by atoms with van der Waals surface area (Å²) < 4.78 is 10.9. The Hall–Kier alpha value is -1.86. The van der Waals surface area contributed by atoms with Gasteiger partial charge in [0.1, 0.15) is 0 Å². The van der Waals surface area contributed by atoms with Crippen LogP contribution in [-0.2, 0) is 11.3 Å². The number of hydrogen-bond donors (Lipinski definition) is 2. The molecule has 1 aliphatic heterocycles. The number of amides is 2. The Morgan fingerprint density at radius 1 is 1.36 bits per heavy atom. The standard InChI is InChI=1S/C18H30N4O3/c1-4-25-17-15(6-5-7-19-17)12-20-18(23)21-13-16(14(2)3)22-8-10-24-11-9-22/h5-7,14,16H,4,8-13H2,1-3H3,(H2,20,21,23). The van der Waals surface area contributed by atoms with E-state index in [1.165, 1.54) is 0 Å². The van der Waals surface area contributed by atoms with Gasteiger partial charge in [-0.1, -0.05) is 19.9 Å². The second-order valence-corrected chi connectivity index (χ2v) is 6.42. The van der Waals surface area contributed by atoms with Crippen molar-refractivity contribution in [3.63, 3.8) is 0 Å². The maximum Gasteiger partial charge on any atom is 0.315 e. The van der Waals surface area contributed by atoms with E-state index in [0.717, 1.165) is 31.9 Å². The van der Waals surface area contributed by atoms with Crippen molar-refractivity contribution in [1.29, 1.82) is 0 Å². The van der Waals surface area contributed by atoms with E-state index in [1.807, 2.05) is 19.1 Å². The fourth-order valence-corrected chi connectivity index (χ4v) is 2.96. The first-order valence-electron chi connectivity index (χ1n) is 9.02. The Labute approximate surface area is 150 Å². The van der Waals surface area contributed by atoms with Gasteiger partial charge >= 0.3 is 6.03 Å². The fourth-order valence-electron chi connectivity index (χ4n) is 2.96. The highest BCUT2D eigenvalue weighted by molar-refractivity contribution is 5.73. The molecule has 2 amide bonds. The SMILES string of the molecule is CCOc1ncccc1CNC(=O)NCC(C(C)C)N1CCOCC1. The molecule has 1 aliphatic rings. The lowest BCUT2D eigenvalue weighted by Crippen LogP contribution is -2.52. The van der Waals surface area contributed by atoms with Gasteiger partial charge in [0.25, 0.3) is 0 Å². The van der Waals surface area contributed by atoms with Gasteiger partial charge in [-0.15, -0.1) is 0 Å². The maximum absolute atomic E-state index is 12.2. The van der Waals surface area contributed by atoms with E-state index in [4.69, 9.17) is 9.47 Å². The molecule has 1 aromatic heterocycles. The van der Waals surface area contributed by atoms with Crippen LogP contribution >= 0.6 is 0 Å². The molecule has 0 bridgehead atoms. The van der Waals surface area contributed by atoms with Crippen LogP contribution in [0.25, 0.3) is 0 Å². The second-order valence-electron chi connectivity index (χ2n) is 6.42. The van der Waals surface area contributed by atoms with Crippen LogP contribution in [0.3, 0.4) is 0 Å². The van der Waals surface area contributed by atoms with Crippen LogP contribution in [0, 0.1) is 5.92 Å². The van der Waals surface area contributed by atoms with Gasteiger partial charge in [0.2, 0.25) is 5.88 Å². The molecule has 25 heavy (non-hydrogen) atoms. The molecule has 1 atom stereocenters. The summed E-state index contributed by atoms with van der Waals surface area (Å²) in [6, 6.07) is 3.88. The Kier molecular flexibility index (Phi) is 7.94. The molecule has 2 N–H and O–H groups in total. The molecular weight excluding hydrogens is 320 g/mol. The molecule has 1 aromatic rings. The number of rotatable bonds is 8. The zero-order valence-electron chi connectivity index (χ0n) is 15.5. The van der Waals surface area contributed by atoms with E-state index in [-0.39, 0.29) is 6.03 Å². The van der Waals surface area contributed by atoms with Crippen molar-refractivity contribution in [3.8, 4) is 5.88 Å². The Bertz CT molecular complexity index is 533. The number of morpholine rings is 1. The average molecular weight is 350 g/mol. The molecule has 1 saturated heterocycles.